The van der Waals surface area contributed by atoms with Gasteiger partial charge in [-0.05, 0) is 24.3 Å². The largest absolute Gasteiger partial charge is 0.481 e. The molecule has 0 aliphatic heterocycles. The number of methoxy groups -OCH3 is 1. The third-order valence-electron chi connectivity index (χ3n) is 2.98. The summed E-state index contributed by atoms with van der Waals surface area (Å²) in [5, 5.41) is 3.26. The van der Waals surface area contributed by atoms with Crippen LogP contribution in [0.15, 0.2) is 41.2 Å². The fourth-order valence-electron chi connectivity index (χ4n) is 2.00. The lowest BCUT2D eigenvalue weighted by Gasteiger charge is -2.07. The first-order valence-corrected chi connectivity index (χ1v) is 6.20. The molecule has 0 aliphatic carbocycles. The van der Waals surface area contributed by atoms with Crippen molar-refractivity contribution >= 4 is 16.7 Å². The average Bonchev–Trinajstić information content (AvgIpc) is 2.84. The minimum atomic E-state index is -0.202. The number of ether oxygens (including phenoxy) is 1. The number of benzene rings is 1. The smallest absolute Gasteiger partial charge is 0.323 e. The molecule has 6 nitrogen and oxygen atoms in total. The Bertz CT molecular complexity index is 791. The second-order valence-corrected chi connectivity index (χ2v) is 4.36. The van der Waals surface area contributed by atoms with E-state index in [4.69, 9.17) is 4.74 Å². The predicted molar refractivity (Wildman–Crippen MR) is 77.0 cm³/mol. The summed E-state index contributed by atoms with van der Waals surface area (Å²) in [5.74, 6) is 0.592. The van der Waals surface area contributed by atoms with Gasteiger partial charge in [0, 0.05) is 11.8 Å². The van der Waals surface area contributed by atoms with Crippen LogP contribution in [0, 0.1) is 0 Å². The molecular weight excluding hydrogens is 256 g/mol. The van der Waals surface area contributed by atoms with Crippen molar-refractivity contribution in [1.29, 1.82) is 0 Å². The second-order valence-electron chi connectivity index (χ2n) is 4.36. The Hall–Kier alpha value is -2.76. The molecule has 2 heterocycles. The lowest BCUT2D eigenvalue weighted by atomic mass is 10.2. The van der Waals surface area contributed by atoms with Gasteiger partial charge in [0.05, 0.1) is 30.4 Å². The van der Waals surface area contributed by atoms with Crippen LogP contribution in [-0.4, -0.2) is 22.1 Å². The van der Waals surface area contributed by atoms with Crippen molar-refractivity contribution in [3.05, 3.63) is 52.6 Å². The van der Waals surface area contributed by atoms with Gasteiger partial charge >= 0.3 is 5.69 Å². The number of fused-ring (bicyclic) bond motifs is 1. The van der Waals surface area contributed by atoms with Gasteiger partial charge in [0.25, 0.3) is 0 Å². The summed E-state index contributed by atoms with van der Waals surface area (Å²) in [6, 6.07) is 11.3. The molecule has 0 saturated heterocycles. The molecule has 102 valence electrons. The summed E-state index contributed by atoms with van der Waals surface area (Å²) >= 11 is 0. The van der Waals surface area contributed by atoms with E-state index in [9.17, 15) is 4.79 Å². The molecule has 0 radical (unpaired) electrons. The average molecular weight is 270 g/mol. The zero-order valence-electron chi connectivity index (χ0n) is 10.9. The van der Waals surface area contributed by atoms with Crippen LogP contribution in [-0.2, 0) is 6.54 Å². The maximum Gasteiger partial charge on any atom is 0.323 e. The van der Waals surface area contributed by atoms with Crippen LogP contribution in [0.25, 0.3) is 11.0 Å². The number of aromatic amines is 2. The third-order valence-corrected chi connectivity index (χ3v) is 2.98. The van der Waals surface area contributed by atoms with Gasteiger partial charge in [0.1, 0.15) is 0 Å². The topological polar surface area (TPSA) is 82.8 Å². The molecule has 0 bridgehead atoms. The van der Waals surface area contributed by atoms with Crippen LogP contribution >= 0.6 is 0 Å². The summed E-state index contributed by atoms with van der Waals surface area (Å²) < 4.78 is 5.08. The van der Waals surface area contributed by atoms with Crippen molar-refractivity contribution in [3.63, 3.8) is 0 Å². The highest BCUT2D eigenvalue weighted by Crippen LogP contribution is 2.15. The van der Waals surface area contributed by atoms with Crippen molar-refractivity contribution in [2.24, 2.45) is 0 Å². The number of aromatic nitrogens is 3. The summed E-state index contributed by atoms with van der Waals surface area (Å²) in [6.07, 6.45) is 0. The lowest BCUT2D eigenvalue weighted by molar-refractivity contribution is 0.396. The first kappa shape index (κ1) is 12.3. The van der Waals surface area contributed by atoms with Gasteiger partial charge in [-0.15, -0.1) is 0 Å². The van der Waals surface area contributed by atoms with Crippen molar-refractivity contribution in [3.8, 4) is 5.88 Å². The van der Waals surface area contributed by atoms with Crippen LogP contribution < -0.4 is 15.7 Å². The van der Waals surface area contributed by atoms with Gasteiger partial charge in [0.2, 0.25) is 5.88 Å². The molecule has 0 spiro atoms. The van der Waals surface area contributed by atoms with E-state index in [2.05, 4.69) is 20.3 Å². The van der Waals surface area contributed by atoms with E-state index >= 15 is 0 Å². The molecular formula is C14H14N4O2. The fraction of sp³-hybridized carbons (Fsp3) is 0.143. The van der Waals surface area contributed by atoms with Gasteiger partial charge in [-0.3, -0.25) is 0 Å². The Labute approximate surface area is 114 Å². The van der Waals surface area contributed by atoms with Crippen LogP contribution in [0.1, 0.15) is 5.69 Å². The zero-order chi connectivity index (χ0) is 13.9. The molecule has 2 aromatic heterocycles. The Morgan fingerprint density at radius 1 is 1.20 bits per heavy atom. The van der Waals surface area contributed by atoms with E-state index in [1.165, 1.54) is 0 Å². The number of anilines is 1. The summed E-state index contributed by atoms with van der Waals surface area (Å²) in [7, 11) is 1.59. The number of H-pyrrole nitrogens is 2. The molecule has 3 rings (SSSR count). The maximum absolute atomic E-state index is 11.2. The second kappa shape index (κ2) is 5.08. The Kier molecular flexibility index (Phi) is 3.12. The van der Waals surface area contributed by atoms with Gasteiger partial charge in [-0.2, -0.15) is 0 Å². The number of hydrogen-bond donors (Lipinski definition) is 3. The van der Waals surface area contributed by atoms with E-state index in [0.29, 0.717) is 12.4 Å². The minimum absolute atomic E-state index is 0.202. The molecule has 0 amide bonds. The SMILES string of the molecule is COc1cccc(CNc2ccc3[nH]c(=O)[nH]c3c2)n1. The summed E-state index contributed by atoms with van der Waals surface area (Å²) in [5.41, 5.74) is 3.16. The highest BCUT2D eigenvalue weighted by molar-refractivity contribution is 5.78. The van der Waals surface area contributed by atoms with Crippen molar-refractivity contribution < 1.29 is 4.74 Å². The fourth-order valence-corrected chi connectivity index (χ4v) is 2.00. The molecule has 0 saturated carbocycles. The number of rotatable bonds is 4. The van der Waals surface area contributed by atoms with E-state index in [1.54, 1.807) is 13.2 Å². The first-order valence-electron chi connectivity index (χ1n) is 6.20. The maximum atomic E-state index is 11.2. The highest BCUT2D eigenvalue weighted by atomic mass is 16.5. The van der Waals surface area contributed by atoms with Crippen molar-refractivity contribution in [1.82, 2.24) is 15.0 Å². The molecule has 0 unspecified atom stereocenters. The Balaban J connectivity index is 1.77. The van der Waals surface area contributed by atoms with Gasteiger partial charge in [-0.1, -0.05) is 6.07 Å². The highest BCUT2D eigenvalue weighted by Gasteiger charge is 2.01. The molecule has 3 aromatic rings. The van der Waals surface area contributed by atoms with Crippen LogP contribution in [0.2, 0.25) is 0 Å². The first-order chi connectivity index (χ1) is 9.74. The van der Waals surface area contributed by atoms with Crippen LogP contribution in [0.5, 0.6) is 5.88 Å². The number of nitrogens with one attached hydrogen (secondary N) is 3. The molecule has 6 heteroatoms. The number of nitrogens with zero attached hydrogens (tertiary/aromatic N) is 1. The van der Waals surface area contributed by atoms with Crippen molar-refractivity contribution in [2.45, 2.75) is 6.54 Å². The normalized spacial score (nSPS) is 10.7. The molecule has 0 fully saturated rings. The molecule has 0 atom stereocenters. The van der Waals surface area contributed by atoms with E-state index in [1.807, 2.05) is 30.3 Å². The number of hydrogen-bond acceptors (Lipinski definition) is 4. The predicted octanol–water partition coefficient (Wildman–Crippen LogP) is 1.87. The minimum Gasteiger partial charge on any atom is -0.481 e. The standard InChI is InChI=1S/C14H14N4O2/c1-20-13-4-2-3-10(16-13)8-15-9-5-6-11-12(7-9)18-14(19)17-11/h2-7,15H,8H2,1H3,(H2,17,18,19). The van der Waals surface area contributed by atoms with Crippen LogP contribution in [0.3, 0.4) is 0 Å². The molecule has 20 heavy (non-hydrogen) atoms. The Morgan fingerprint density at radius 2 is 2.05 bits per heavy atom. The molecule has 1 aromatic carbocycles. The molecule has 0 aliphatic rings. The summed E-state index contributed by atoms with van der Waals surface area (Å²) in [6.45, 7) is 0.581. The lowest BCUT2D eigenvalue weighted by Crippen LogP contribution is -2.02. The molecule has 3 N–H and O–H groups in total. The summed E-state index contributed by atoms with van der Waals surface area (Å²) in [4.78, 5) is 21.0. The van der Waals surface area contributed by atoms with Crippen LogP contribution in [0.4, 0.5) is 5.69 Å². The van der Waals surface area contributed by atoms with E-state index < -0.39 is 0 Å². The number of imidazole rings is 1. The van der Waals surface area contributed by atoms with E-state index in [0.717, 1.165) is 22.4 Å². The van der Waals surface area contributed by atoms with Crippen molar-refractivity contribution in [2.75, 3.05) is 12.4 Å². The Morgan fingerprint density at radius 3 is 2.90 bits per heavy atom. The van der Waals surface area contributed by atoms with E-state index in [-0.39, 0.29) is 5.69 Å². The monoisotopic (exact) mass is 270 g/mol. The zero-order valence-corrected chi connectivity index (χ0v) is 10.9. The van der Waals surface area contributed by atoms with Gasteiger partial charge in [-0.25, -0.2) is 9.78 Å². The third kappa shape index (κ3) is 2.49. The van der Waals surface area contributed by atoms with Gasteiger partial charge < -0.3 is 20.0 Å². The number of pyridine rings is 1. The van der Waals surface area contributed by atoms with Gasteiger partial charge in [0.15, 0.2) is 0 Å². The quantitative estimate of drug-likeness (QED) is 0.676.